The maximum atomic E-state index is 12.3. The zero-order valence-electron chi connectivity index (χ0n) is 35.9. The summed E-state index contributed by atoms with van der Waals surface area (Å²) in [7, 11) is -4.63. The highest BCUT2D eigenvalue weighted by Crippen LogP contribution is 2.43. The monoisotopic (exact) mass is 817 g/mol. The number of rotatable bonds is 43. The molecule has 0 aromatic heterocycles. The normalized spacial score (nSPS) is 14.0. The van der Waals surface area contributed by atoms with Crippen LogP contribution in [0.2, 0.25) is 0 Å². The number of hydrogen-bond acceptors (Lipinski definition) is 9. The molecule has 0 aliphatic rings. The topological polar surface area (TPSA) is 149 Å². The first kappa shape index (κ1) is 54.5. The Balaban J connectivity index is 3.83. The summed E-state index contributed by atoms with van der Waals surface area (Å²) in [6, 6.07) is 0. The second-order valence-corrected chi connectivity index (χ2v) is 16.8. The van der Waals surface area contributed by atoms with Crippen molar-refractivity contribution in [1.29, 1.82) is 0 Å². The van der Waals surface area contributed by atoms with Gasteiger partial charge in [-0.15, -0.1) is 0 Å². The molecule has 0 saturated carbocycles. The van der Waals surface area contributed by atoms with E-state index < -0.39 is 58.4 Å². The molecule has 0 bridgehead atoms. The molecular formula is C45H85O10P. The van der Waals surface area contributed by atoms with E-state index in [2.05, 4.69) is 38.2 Å². The summed E-state index contributed by atoms with van der Waals surface area (Å²) in [6.45, 7) is 2.19. The van der Waals surface area contributed by atoms with Crippen LogP contribution in [0.15, 0.2) is 24.3 Å². The molecular weight excluding hydrogens is 731 g/mol. The predicted molar refractivity (Wildman–Crippen MR) is 228 cm³/mol. The van der Waals surface area contributed by atoms with E-state index in [1.54, 1.807) is 0 Å². The Hall–Kier alpha value is -1.55. The Morgan fingerprint density at radius 1 is 0.482 bits per heavy atom. The molecule has 11 heteroatoms. The van der Waals surface area contributed by atoms with Gasteiger partial charge in [-0.25, -0.2) is 4.57 Å². The van der Waals surface area contributed by atoms with Crippen LogP contribution < -0.4 is 0 Å². The maximum absolute atomic E-state index is 12.3. The molecule has 0 heterocycles. The van der Waals surface area contributed by atoms with E-state index in [9.17, 15) is 29.3 Å². The minimum absolute atomic E-state index is 0.192. The molecule has 0 aromatic rings. The summed E-state index contributed by atoms with van der Waals surface area (Å²) < 4.78 is 32.5. The van der Waals surface area contributed by atoms with Crippen molar-refractivity contribution in [1.82, 2.24) is 0 Å². The van der Waals surface area contributed by atoms with Crippen molar-refractivity contribution < 1.29 is 47.8 Å². The van der Waals surface area contributed by atoms with E-state index in [0.29, 0.717) is 12.8 Å². The first-order chi connectivity index (χ1) is 27.3. The van der Waals surface area contributed by atoms with Gasteiger partial charge in [0.25, 0.3) is 0 Å². The van der Waals surface area contributed by atoms with E-state index in [4.69, 9.17) is 18.5 Å². The van der Waals surface area contributed by atoms with Gasteiger partial charge in [0.1, 0.15) is 12.2 Å². The minimum Gasteiger partial charge on any atom is -0.457 e. The lowest BCUT2D eigenvalue weighted by molar-refractivity contribution is -0.153. The van der Waals surface area contributed by atoms with E-state index in [1.165, 1.54) is 128 Å². The fourth-order valence-corrected chi connectivity index (χ4v) is 7.17. The van der Waals surface area contributed by atoms with Gasteiger partial charge in [-0.3, -0.25) is 18.6 Å². The van der Waals surface area contributed by atoms with Gasteiger partial charge in [0, 0.05) is 12.8 Å². The van der Waals surface area contributed by atoms with Crippen molar-refractivity contribution in [2.75, 3.05) is 26.4 Å². The van der Waals surface area contributed by atoms with Crippen molar-refractivity contribution in [3.63, 3.8) is 0 Å². The molecule has 0 aliphatic heterocycles. The zero-order valence-corrected chi connectivity index (χ0v) is 36.8. The third-order valence-electron chi connectivity index (χ3n) is 9.92. The molecule has 0 spiro atoms. The summed E-state index contributed by atoms with van der Waals surface area (Å²) in [5.74, 6) is -1.02. The average molecular weight is 817 g/mol. The van der Waals surface area contributed by atoms with Crippen LogP contribution in [0.25, 0.3) is 0 Å². The molecule has 3 unspecified atom stereocenters. The maximum Gasteiger partial charge on any atom is 0.472 e. The molecule has 56 heavy (non-hydrogen) atoms. The second kappa shape index (κ2) is 41.6. The molecule has 0 saturated heterocycles. The van der Waals surface area contributed by atoms with E-state index in [0.717, 1.165) is 44.9 Å². The van der Waals surface area contributed by atoms with Crippen molar-refractivity contribution in [2.24, 2.45) is 0 Å². The van der Waals surface area contributed by atoms with Crippen molar-refractivity contribution in [2.45, 2.75) is 225 Å². The number of unbranched alkanes of at least 4 members (excludes halogenated alkanes) is 25. The first-order valence-corrected chi connectivity index (χ1v) is 24.3. The Morgan fingerprint density at radius 2 is 0.786 bits per heavy atom. The van der Waals surface area contributed by atoms with Gasteiger partial charge in [-0.1, -0.05) is 179 Å². The van der Waals surface area contributed by atoms with Crippen LogP contribution in [-0.2, 0) is 32.7 Å². The third-order valence-corrected chi connectivity index (χ3v) is 10.9. The van der Waals surface area contributed by atoms with Gasteiger partial charge in [0.15, 0.2) is 0 Å². The van der Waals surface area contributed by atoms with Crippen LogP contribution in [0, 0.1) is 0 Å². The van der Waals surface area contributed by atoms with Gasteiger partial charge in [-0.2, -0.15) is 0 Å². The molecule has 0 radical (unpaired) electrons. The molecule has 0 aromatic carbocycles. The number of hydrogen-bond donors (Lipinski definition) is 3. The summed E-state index contributed by atoms with van der Waals surface area (Å²) in [4.78, 5) is 34.5. The van der Waals surface area contributed by atoms with E-state index >= 15 is 0 Å². The predicted octanol–water partition coefficient (Wildman–Crippen LogP) is 12.2. The van der Waals surface area contributed by atoms with Crippen LogP contribution >= 0.6 is 7.82 Å². The molecule has 10 nitrogen and oxygen atoms in total. The molecule has 330 valence electrons. The number of aliphatic hydroxyl groups is 2. The van der Waals surface area contributed by atoms with Crippen LogP contribution in [0.1, 0.15) is 213 Å². The highest BCUT2D eigenvalue weighted by Gasteiger charge is 2.27. The van der Waals surface area contributed by atoms with Gasteiger partial charge < -0.3 is 24.6 Å². The molecule has 0 amide bonds. The number of allylic oxidation sites excluding steroid dienone is 4. The molecule has 0 fully saturated rings. The van der Waals surface area contributed by atoms with Gasteiger partial charge >= 0.3 is 19.8 Å². The smallest absolute Gasteiger partial charge is 0.457 e. The van der Waals surface area contributed by atoms with Gasteiger partial charge in [0.05, 0.1) is 26.4 Å². The lowest BCUT2D eigenvalue weighted by atomic mass is 10.0. The Bertz CT molecular complexity index is 988. The highest BCUT2D eigenvalue weighted by atomic mass is 31.2. The van der Waals surface area contributed by atoms with Crippen LogP contribution in [0.4, 0.5) is 0 Å². The summed E-state index contributed by atoms with van der Waals surface area (Å²) in [6.07, 6.45) is 41.6. The number of aliphatic hydroxyl groups excluding tert-OH is 2. The third kappa shape index (κ3) is 39.3. The zero-order chi connectivity index (χ0) is 41.2. The number of phosphoric acid groups is 1. The summed E-state index contributed by atoms with van der Waals surface area (Å²) >= 11 is 0. The molecule has 0 rings (SSSR count). The number of carbonyl (C=O) groups excluding carboxylic acids is 2. The van der Waals surface area contributed by atoms with Crippen LogP contribution in [0.5, 0.6) is 0 Å². The number of phosphoric ester groups is 1. The Labute approximate surface area is 342 Å². The van der Waals surface area contributed by atoms with Crippen LogP contribution in [0.3, 0.4) is 0 Å². The standard InChI is InChI=1S/C45H85O10P/c1-3-5-7-9-11-13-15-16-17-18-19-20-21-22-23-24-25-26-27-29-31-33-35-37-45(49)55-43(39-47)41-53-56(50,51)52-40-42(38-46)54-44(48)36-34-32-30-28-14-12-10-8-6-4-2/h15-16,18-19,42-43,46-47H,3-14,17,20-41H2,1-2H3,(H,50,51)/b16-15-,19-18-. The fraction of sp³-hybridized carbons (Fsp3) is 0.867. The second-order valence-electron chi connectivity index (χ2n) is 15.4. The summed E-state index contributed by atoms with van der Waals surface area (Å²) in [5.41, 5.74) is 0. The lowest BCUT2D eigenvalue weighted by Gasteiger charge is -2.20. The first-order valence-electron chi connectivity index (χ1n) is 22.8. The number of ether oxygens (including phenoxy) is 2. The van der Waals surface area contributed by atoms with Crippen molar-refractivity contribution in [3.05, 3.63) is 24.3 Å². The van der Waals surface area contributed by atoms with E-state index in [-0.39, 0.29) is 12.8 Å². The fourth-order valence-electron chi connectivity index (χ4n) is 6.38. The Morgan fingerprint density at radius 3 is 1.11 bits per heavy atom. The number of carbonyl (C=O) groups is 2. The SMILES string of the molecule is CCCCCCC/C=C\C/C=C\CCCCCCCCCCCCCC(=O)OC(CO)COP(=O)(O)OCC(CO)OC(=O)CCCCCCCCCCCC. The molecule has 0 aliphatic carbocycles. The summed E-state index contributed by atoms with van der Waals surface area (Å²) in [5, 5.41) is 19.1. The average Bonchev–Trinajstić information content (AvgIpc) is 3.19. The van der Waals surface area contributed by atoms with E-state index in [1.807, 2.05) is 0 Å². The molecule has 3 atom stereocenters. The Kier molecular flexibility index (Phi) is 40.5. The highest BCUT2D eigenvalue weighted by molar-refractivity contribution is 7.47. The van der Waals surface area contributed by atoms with Crippen molar-refractivity contribution >= 4 is 19.8 Å². The quantitative estimate of drug-likeness (QED) is 0.0235. The van der Waals surface area contributed by atoms with Gasteiger partial charge in [-0.05, 0) is 44.9 Å². The lowest BCUT2D eigenvalue weighted by Crippen LogP contribution is -2.28. The molecule has 3 N–H and O–H groups in total. The largest absolute Gasteiger partial charge is 0.472 e. The minimum atomic E-state index is -4.63. The number of esters is 2. The van der Waals surface area contributed by atoms with Crippen molar-refractivity contribution in [3.8, 4) is 0 Å². The van der Waals surface area contributed by atoms with Crippen LogP contribution in [-0.4, -0.2) is 65.7 Å². The van der Waals surface area contributed by atoms with Gasteiger partial charge in [0.2, 0.25) is 0 Å².